The Morgan fingerprint density at radius 2 is 2.11 bits per heavy atom. The van der Waals surface area contributed by atoms with E-state index in [0.29, 0.717) is 0 Å². The molecule has 19 heavy (non-hydrogen) atoms. The molecule has 3 heterocycles. The number of fused-ring (bicyclic) bond motifs is 1. The third kappa shape index (κ3) is 2.94. The summed E-state index contributed by atoms with van der Waals surface area (Å²) in [5.74, 6) is 2.26. The van der Waals surface area contributed by atoms with Crippen LogP contribution < -0.4 is 5.32 Å². The van der Waals surface area contributed by atoms with Gasteiger partial charge in [-0.2, -0.15) is 0 Å². The first-order chi connectivity index (χ1) is 8.76. The number of furan rings is 1. The van der Waals surface area contributed by atoms with Crippen LogP contribution in [0.5, 0.6) is 0 Å². The molecule has 0 saturated carbocycles. The average molecular weight is 287 g/mol. The SMILES string of the molecule is COC(=O)c1ccc(CN2C[C@H]3CNC[C@H]3C2)o1.Cl. The number of carbonyl (C=O) groups is 1. The summed E-state index contributed by atoms with van der Waals surface area (Å²) >= 11 is 0. The van der Waals surface area contributed by atoms with Gasteiger partial charge < -0.3 is 14.5 Å². The van der Waals surface area contributed by atoms with Crippen LogP contribution in [-0.2, 0) is 11.3 Å². The van der Waals surface area contributed by atoms with Crippen molar-refractivity contribution in [3.63, 3.8) is 0 Å². The van der Waals surface area contributed by atoms with Crippen molar-refractivity contribution in [2.75, 3.05) is 33.3 Å². The quantitative estimate of drug-likeness (QED) is 0.845. The Balaban J connectivity index is 0.00000133. The second-order valence-electron chi connectivity index (χ2n) is 5.13. The summed E-state index contributed by atoms with van der Waals surface area (Å²) in [6, 6.07) is 3.54. The van der Waals surface area contributed by atoms with E-state index in [4.69, 9.17) is 4.42 Å². The molecule has 1 aromatic rings. The highest BCUT2D eigenvalue weighted by molar-refractivity contribution is 5.86. The van der Waals surface area contributed by atoms with Crippen molar-refractivity contribution in [1.29, 1.82) is 0 Å². The zero-order valence-corrected chi connectivity index (χ0v) is 11.7. The van der Waals surface area contributed by atoms with Crippen LogP contribution in [0.15, 0.2) is 16.5 Å². The molecule has 3 rings (SSSR count). The van der Waals surface area contributed by atoms with E-state index < -0.39 is 5.97 Å². The topological polar surface area (TPSA) is 54.7 Å². The smallest absolute Gasteiger partial charge is 0.373 e. The fraction of sp³-hybridized carbons (Fsp3) is 0.615. The van der Waals surface area contributed by atoms with Crippen molar-refractivity contribution < 1.29 is 13.9 Å². The largest absolute Gasteiger partial charge is 0.463 e. The monoisotopic (exact) mass is 286 g/mol. The van der Waals surface area contributed by atoms with Crippen LogP contribution in [0.3, 0.4) is 0 Å². The van der Waals surface area contributed by atoms with Gasteiger partial charge in [-0.25, -0.2) is 4.79 Å². The Bertz CT molecular complexity index is 437. The van der Waals surface area contributed by atoms with E-state index >= 15 is 0 Å². The Morgan fingerprint density at radius 3 is 2.74 bits per heavy atom. The van der Waals surface area contributed by atoms with Crippen LogP contribution in [0.2, 0.25) is 0 Å². The van der Waals surface area contributed by atoms with E-state index in [1.807, 2.05) is 6.07 Å². The lowest BCUT2D eigenvalue weighted by molar-refractivity contribution is 0.0561. The van der Waals surface area contributed by atoms with Crippen LogP contribution in [0, 0.1) is 11.8 Å². The molecule has 2 saturated heterocycles. The van der Waals surface area contributed by atoms with Crippen molar-refractivity contribution in [3.8, 4) is 0 Å². The fourth-order valence-electron chi connectivity index (χ4n) is 2.98. The summed E-state index contributed by atoms with van der Waals surface area (Å²) in [7, 11) is 1.36. The van der Waals surface area contributed by atoms with Gasteiger partial charge in [0.15, 0.2) is 0 Å². The summed E-state index contributed by atoms with van der Waals surface area (Å²) in [5.41, 5.74) is 0. The Morgan fingerprint density at radius 1 is 1.42 bits per heavy atom. The minimum Gasteiger partial charge on any atom is -0.463 e. The molecule has 5 nitrogen and oxygen atoms in total. The number of nitrogens with zero attached hydrogens (tertiary/aromatic N) is 1. The van der Waals surface area contributed by atoms with Crippen LogP contribution >= 0.6 is 12.4 Å². The number of methoxy groups -OCH3 is 1. The molecule has 2 aliphatic rings. The summed E-state index contributed by atoms with van der Waals surface area (Å²) in [5, 5.41) is 3.42. The second-order valence-corrected chi connectivity index (χ2v) is 5.13. The number of esters is 1. The molecule has 0 radical (unpaired) electrons. The zero-order chi connectivity index (χ0) is 12.5. The zero-order valence-electron chi connectivity index (χ0n) is 10.9. The number of carbonyl (C=O) groups excluding carboxylic acids is 1. The maximum atomic E-state index is 11.3. The van der Waals surface area contributed by atoms with Crippen LogP contribution in [0.25, 0.3) is 0 Å². The molecule has 0 bridgehead atoms. The molecular formula is C13H19ClN2O3. The maximum absolute atomic E-state index is 11.3. The van der Waals surface area contributed by atoms with E-state index in [9.17, 15) is 4.79 Å². The van der Waals surface area contributed by atoms with E-state index in [1.165, 1.54) is 7.11 Å². The number of rotatable bonds is 3. The first kappa shape index (κ1) is 14.4. The Kier molecular flexibility index (Phi) is 4.50. The van der Waals surface area contributed by atoms with Gasteiger partial charge in [-0.1, -0.05) is 0 Å². The van der Waals surface area contributed by atoms with E-state index in [1.54, 1.807) is 6.07 Å². The molecule has 2 atom stereocenters. The van der Waals surface area contributed by atoms with Gasteiger partial charge in [0, 0.05) is 13.1 Å². The van der Waals surface area contributed by atoms with Crippen molar-refractivity contribution in [3.05, 3.63) is 23.7 Å². The first-order valence-corrected chi connectivity index (χ1v) is 6.36. The van der Waals surface area contributed by atoms with Gasteiger partial charge in [0.1, 0.15) is 5.76 Å². The number of likely N-dealkylation sites (tertiary alicyclic amines) is 1. The number of nitrogens with one attached hydrogen (secondary N) is 1. The molecule has 106 valence electrons. The molecule has 2 fully saturated rings. The average Bonchev–Trinajstić information content (AvgIpc) is 3.03. The molecule has 1 aromatic heterocycles. The summed E-state index contributed by atoms with van der Waals surface area (Å²) in [6.07, 6.45) is 0. The highest BCUT2D eigenvalue weighted by Gasteiger charge is 2.36. The number of ether oxygens (including phenoxy) is 1. The molecule has 0 aromatic carbocycles. The minimum atomic E-state index is -0.413. The van der Waals surface area contributed by atoms with Crippen molar-refractivity contribution in [2.24, 2.45) is 11.8 Å². The highest BCUT2D eigenvalue weighted by atomic mass is 35.5. The molecule has 0 aliphatic carbocycles. The number of halogens is 1. The van der Waals surface area contributed by atoms with E-state index in [2.05, 4.69) is 15.0 Å². The molecule has 2 aliphatic heterocycles. The number of hydrogen-bond acceptors (Lipinski definition) is 5. The summed E-state index contributed by atoms with van der Waals surface area (Å²) < 4.78 is 10.1. The lowest BCUT2D eigenvalue weighted by Gasteiger charge is -2.14. The third-order valence-corrected chi connectivity index (χ3v) is 3.89. The van der Waals surface area contributed by atoms with E-state index in [0.717, 1.165) is 50.3 Å². The lowest BCUT2D eigenvalue weighted by atomic mass is 10.0. The first-order valence-electron chi connectivity index (χ1n) is 6.36. The maximum Gasteiger partial charge on any atom is 0.373 e. The standard InChI is InChI=1S/C13H18N2O3.ClH/c1-17-13(16)12-3-2-11(18-12)8-15-6-9-4-14-5-10(9)7-15;/h2-3,9-10,14H,4-8H2,1H3;1H/t9-,10+;. The predicted octanol–water partition coefficient (Wildman–Crippen LogP) is 1.14. The molecule has 6 heteroatoms. The van der Waals surface area contributed by atoms with Crippen molar-refractivity contribution in [1.82, 2.24) is 10.2 Å². The van der Waals surface area contributed by atoms with Gasteiger partial charge in [-0.05, 0) is 37.1 Å². The van der Waals surface area contributed by atoms with Crippen molar-refractivity contribution >= 4 is 18.4 Å². The van der Waals surface area contributed by atoms with E-state index in [-0.39, 0.29) is 18.2 Å². The van der Waals surface area contributed by atoms with Crippen molar-refractivity contribution in [2.45, 2.75) is 6.54 Å². The molecule has 0 unspecified atom stereocenters. The molecule has 1 N–H and O–H groups in total. The van der Waals surface area contributed by atoms with Gasteiger partial charge in [0.05, 0.1) is 13.7 Å². The van der Waals surface area contributed by atoms with Gasteiger partial charge in [-0.3, -0.25) is 4.90 Å². The van der Waals surface area contributed by atoms with Gasteiger partial charge >= 0.3 is 5.97 Å². The summed E-state index contributed by atoms with van der Waals surface area (Å²) in [6.45, 7) is 5.28. The molecule has 0 spiro atoms. The molecular weight excluding hydrogens is 268 g/mol. The summed E-state index contributed by atoms with van der Waals surface area (Å²) in [4.78, 5) is 13.7. The van der Waals surface area contributed by atoms with Gasteiger partial charge in [-0.15, -0.1) is 12.4 Å². The normalized spacial score (nSPS) is 25.9. The highest BCUT2D eigenvalue weighted by Crippen LogP contribution is 2.27. The lowest BCUT2D eigenvalue weighted by Crippen LogP contribution is -2.25. The third-order valence-electron chi connectivity index (χ3n) is 3.89. The fourth-order valence-corrected chi connectivity index (χ4v) is 2.98. The minimum absolute atomic E-state index is 0. The van der Waals surface area contributed by atoms with Crippen LogP contribution in [0.4, 0.5) is 0 Å². The van der Waals surface area contributed by atoms with Gasteiger partial charge in [0.2, 0.25) is 5.76 Å². The second kappa shape index (κ2) is 5.94. The number of hydrogen-bond donors (Lipinski definition) is 1. The van der Waals surface area contributed by atoms with Gasteiger partial charge in [0.25, 0.3) is 0 Å². The predicted molar refractivity (Wildman–Crippen MR) is 72.4 cm³/mol. The Labute approximate surface area is 118 Å². The molecule has 0 amide bonds. The Hall–Kier alpha value is -1.04. The van der Waals surface area contributed by atoms with Crippen LogP contribution in [0.1, 0.15) is 16.3 Å². The van der Waals surface area contributed by atoms with Crippen LogP contribution in [-0.4, -0.2) is 44.2 Å².